The molecule has 6 heteroatoms. The molecule has 0 saturated heterocycles. The molecule has 0 aliphatic rings. The number of unbranched alkanes of at least 4 members (excludes halogenated alkanes) is 3. The second-order valence-electron chi connectivity index (χ2n) is 7.64. The SMILES string of the molecule is CCCCCC(C)(C)CNC(=NCc1nnc(C)n1C)NCCCC. The second kappa shape index (κ2) is 11.1. The second-order valence-corrected chi connectivity index (χ2v) is 7.64. The van der Waals surface area contributed by atoms with Crippen molar-refractivity contribution in [1.82, 2.24) is 25.4 Å². The van der Waals surface area contributed by atoms with E-state index in [2.05, 4.69) is 48.5 Å². The molecule has 1 rings (SSSR count). The van der Waals surface area contributed by atoms with E-state index < -0.39 is 0 Å². The van der Waals surface area contributed by atoms with Crippen molar-refractivity contribution < 1.29 is 0 Å². The lowest BCUT2D eigenvalue weighted by Crippen LogP contribution is -2.42. The van der Waals surface area contributed by atoms with Crippen molar-refractivity contribution in [2.75, 3.05) is 13.1 Å². The molecule has 25 heavy (non-hydrogen) atoms. The van der Waals surface area contributed by atoms with Crippen molar-refractivity contribution in [1.29, 1.82) is 0 Å². The van der Waals surface area contributed by atoms with Crippen LogP contribution in [0.25, 0.3) is 0 Å². The average molecular weight is 351 g/mol. The summed E-state index contributed by atoms with van der Waals surface area (Å²) in [6.45, 7) is 13.5. The Hall–Kier alpha value is -1.59. The van der Waals surface area contributed by atoms with Crippen molar-refractivity contribution >= 4 is 5.96 Å². The lowest BCUT2D eigenvalue weighted by Gasteiger charge is -2.26. The molecule has 0 bridgehead atoms. The summed E-state index contributed by atoms with van der Waals surface area (Å²) in [5, 5.41) is 15.3. The Balaban J connectivity index is 2.62. The molecule has 1 aromatic heterocycles. The molecule has 0 saturated carbocycles. The number of guanidine groups is 1. The summed E-state index contributed by atoms with van der Waals surface area (Å²) >= 11 is 0. The van der Waals surface area contributed by atoms with E-state index in [-0.39, 0.29) is 5.41 Å². The Kier molecular flexibility index (Phi) is 9.53. The molecule has 0 atom stereocenters. The number of hydrogen-bond acceptors (Lipinski definition) is 3. The highest BCUT2D eigenvalue weighted by atomic mass is 15.3. The number of hydrogen-bond donors (Lipinski definition) is 2. The van der Waals surface area contributed by atoms with Crippen molar-refractivity contribution in [3.63, 3.8) is 0 Å². The van der Waals surface area contributed by atoms with Crippen LogP contribution in [0.15, 0.2) is 4.99 Å². The van der Waals surface area contributed by atoms with Gasteiger partial charge in [0.25, 0.3) is 0 Å². The summed E-state index contributed by atoms with van der Waals surface area (Å²) in [5.74, 6) is 2.67. The van der Waals surface area contributed by atoms with Crippen LogP contribution >= 0.6 is 0 Å². The van der Waals surface area contributed by atoms with Crippen LogP contribution in [0.4, 0.5) is 0 Å². The minimum absolute atomic E-state index is 0.268. The molecule has 0 fully saturated rings. The van der Waals surface area contributed by atoms with Crippen LogP contribution in [0, 0.1) is 12.3 Å². The van der Waals surface area contributed by atoms with Crippen LogP contribution in [-0.2, 0) is 13.6 Å². The van der Waals surface area contributed by atoms with E-state index in [0.717, 1.165) is 37.1 Å². The number of aromatic nitrogens is 3. The number of rotatable bonds is 11. The molecule has 2 N–H and O–H groups in total. The Morgan fingerprint density at radius 3 is 2.40 bits per heavy atom. The van der Waals surface area contributed by atoms with Gasteiger partial charge in [-0.25, -0.2) is 4.99 Å². The normalized spacial score (nSPS) is 12.5. The third-order valence-corrected chi connectivity index (χ3v) is 4.58. The van der Waals surface area contributed by atoms with Gasteiger partial charge in [-0.15, -0.1) is 10.2 Å². The highest BCUT2D eigenvalue weighted by molar-refractivity contribution is 5.79. The molecule has 1 aromatic rings. The fourth-order valence-electron chi connectivity index (χ4n) is 2.56. The smallest absolute Gasteiger partial charge is 0.191 e. The van der Waals surface area contributed by atoms with Crippen molar-refractivity contribution in [3.8, 4) is 0 Å². The van der Waals surface area contributed by atoms with Gasteiger partial charge < -0.3 is 15.2 Å². The zero-order chi connectivity index (χ0) is 18.7. The number of nitrogens with zero attached hydrogens (tertiary/aromatic N) is 4. The van der Waals surface area contributed by atoms with Gasteiger partial charge in [0, 0.05) is 20.1 Å². The third kappa shape index (κ3) is 8.36. The van der Waals surface area contributed by atoms with Crippen LogP contribution in [0.2, 0.25) is 0 Å². The van der Waals surface area contributed by atoms with Gasteiger partial charge in [-0.3, -0.25) is 0 Å². The van der Waals surface area contributed by atoms with Crippen LogP contribution < -0.4 is 10.6 Å². The van der Waals surface area contributed by atoms with E-state index in [0.29, 0.717) is 6.54 Å². The maximum absolute atomic E-state index is 4.71. The molecule has 0 amide bonds. The molecule has 0 radical (unpaired) electrons. The third-order valence-electron chi connectivity index (χ3n) is 4.58. The summed E-state index contributed by atoms with van der Waals surface area (Å²) in [6.07, 6.45) is 7.42. The first kappa shape index (κ1) is 21.5. The van der Waals surface area contributed by atoms with Gasteiger partial charge >= 0.3 is 0 Å². The van der Waals surface area contributed by atoms with Crippen LogP contribution in [0.1, 0.15) is 77.9 Å². The summed E-state index contributed by atoms with van der Waals surface area (Å²) < 4.78 is 1.99. The van der Waals surface area contributed by atoms with E-state index in [4.69, 9.17) is 4.99 Å². The monoisotopic (exact) mass is 350 g/mol. The van der Waals surface area contributed by atoms with E-state index in [9.17, 15) is 0 Å². The van der Waals surface area contributed by atoms with Gasteiger partial charge in [-0.05, 0) is 25.2 Å². The highest BCUT2D eigenvalue weighted by Crippen LogP contribution is 2.22. The summed E-state index contributed by atoms with van der Waals surface area (Å²) in [6, 6.07) is 0. The Bertz CT molecular complexity index is 518. The Morgan fingerprint density at radius 1 is 1.08 bits per heavy atom. The zero-order valence-corrected chi connectivity index (χ0v) is 17.2. The Morgan fingerprint density at radius 2 is 1.80 bits per heavy atom. The van der Waals surface area contributed by atoms with Gasteiger partial charge in [0.15, 0.2) is 11.8 Å². The average Bonchev–Trinajstić information content (AvgIpc) is 2.89. The van der Waals surface area contributed by atoms with Crippen LogP contribution in [-0.4, -0.2) is 33.8 Å². The van der Waals surface area contributed by atoms with E-state index in [1.54, 1.807) is 0 Å². The van der Waals surface area contributed by atoms with Crippen molar-refractivity contribution in [2.45, 2.75) is 79.7 Å². The van der Waals surface area contributed by atoms with Gasteiger partial charge in [-0.1, -0.05) is 53.4 Å². The maximum Gasteiger partial charge on any atom is 0.191 e. The first-order valence-corrected chi connectivity index (χ1v) is 9.76. The topological polar surface area (TPSA) is 67.1 Å². The Labute approximate surface area is 153 Å². The fourth-order valence-corrected chi connectivity index (χ4v) is 2.56. The molecule has 0 unspecified atom stereocenters. The zero-order valence-electron chi connectivity index (χ0n) is 17.2. The predicted octanol–water partition coefficient (Wildman–Crippen LogP) is 3.57. The van der Waals surface area contributed by atoms with E-state index in [1.165, 1.54) is 32.1 Å². The minimum atomic E-state index is 0.268. The summed E-state index contributed by atoms with van der Waals surface area (Å²) in [4.78, 5) is 4.71. The van der Waals surface area contributed by atoms with Gasteiger partial charge in [0.2, 0.25) is 0 Å². The van der Waals surface area contributed by atoms with E-state index >= 15 is 0 Å². The molecule has 0 aromatic carbocycles. The fraction of sp³-hybridized carbons (Fsp3) is 0.842. The van der Waals surface area contributed by atoms with Crippen LogP contribution in [0.3, 0.4) is 0 Å². The molecule has 0 aliphatic carbocycles. The maximum atomic E-state index is 4.71. The summed E-state index contributed by atoms with van der Waals surface area (Å²) in [7, 11) is 1.98. The number of nitrogens with one attached hydrogen (secondary N) is 2. The molecular weight excluding hydrogens is 312 g/mol. The molecule has 6 nitrogen and oxygen atoms in total. The lowest BCUT2D eigenvalue weighted by atomic mass is 9.87. The van der Waals surface area contributed by atoms with Gasteiger partial charge in [-0.2, -0.15) is 0 Å². The standard InChI is InChI=1S/C19H38N6/c1-7-9-11-12-19(4,5)15-22-18(20-13-10-8-2)21-14-17-24-23-16(3)25(17)6/h7-15H2,1-6H3,(H2,20,21,22). The predicted molar refractivity (Wildman–Crippen MR) is 106 cm³/mol. The van der Waals surface area contributed by atoms with Gasteiger partial charge in [0.1, 0.15) is 12.4 Å². The minimum Gasteiger partial charge on any atom is -0.356 e. The molecule has 1 heterocycles. The molecule has 144 valence electrons. The molecular formula is C19H38N6. The number of aryl methyl sites for hydroxylation is 1. The largest absolute Gasteiger partial charge is 0.356 e. The highest BCUT2D eigenvalue weighted by Gasteiger charge is 2.17. The van der Waals surface area contributed by atoms with Gasteiger partial charge in [0.05, 0.1) is 0 Å². The molecule has 0 aliphatic heterocycles. The molecule has 0 spiro atoms. The number of aliphatic imine (C=N–C) groups is 1. The summed E-state index contributed by atoms with van der Waals surface area (Å²) in [5.41, 5.74) is 0.268. The van der Waals surface area contributed by atoms with Crippen LogP contribution in [0.5, 0.6) is 0 Å². The first-order valence-electron chi connectivity index (χ1n) is 9.76. The van der Waals surface area contributed by atoms with E-state index in [1.807, 2.05) is 18.5 Å². The first-order chi connectivity index (χ1) is 11.9. The van der Waals surface area contributed by atoms with Crippen molar-refractivity contribution in [2.24, 2.45) is 17.5 Å². The quantitative estimate of drug-likeness (QED) is 0.364. The van der Waals surface area contributed by atoms with Crippen molar-refractivity contribution in [3.05, 3.63) is 11.6 Å². The lowest BCUT2D eigenvalue weighted by molar-refractivity contribution is 0.318.